The molecule has 1 amide bonds. The Morgan fingerprint density at radius 2 is 1.81 bits per heavy atom. The summed E-state index contributed by atoms with van der Waals surface area (Å²) < 4.78 is 2.17. The van der Waals surface area contributed by atoms with Crippen LogP contribution in [0.3, 0.4) is 0 Å². The van der Waals surface area contributed by atoms with Crippen LogP contribution in [0.1, 0.15) is 29.9 Å². The molecule has 0 atom stereocenters. The third-order valence-corrected chi connectivity index (χ3v) is 4.66. The van der Waals surface area contributed by atoms with E-state index in [0.29, 0.717) is 23.0 Å². The normalized spacial score (nSPS) is 11.6. The van der Waals surface area contributed by atoms with Crippen molar-refractivity contribution in [3.05, 3.63) is 74.6 Å². The van der Waals surface area contributed by atoms with Gasteiger partial charge in [0.15, 0.2) is 5.69 Å². The Kier molecular flexibility index (Phi) is 5.27. The van der Waals surface area contributed by atoms with Gasteiger partial charge in [0.05, 0.1) is 11.1 Å². The van der Waals surface area contributed by atoms with Crippen LogP contribution in [0, 0.1) is 0 Å². The summed E-state index contributed by atoms with van der Waals surface area (Å²) in [6.45, 7) is 3.99. The van der Waals surface area contributed by atoms with Crippen molar-refractivity contribution >= 4 is 38.3 Å². The lowest BCUT2D eigenvalue weighted by Gasteiger charge is -2.09. The van der Waals surface area contributed by atoms with Gasteiger partial charge in [-0.05, 0) is 26.0 Å². The van der Waals surface area contributed by atoms with Crippen LogP contribution < -0.4 is 11.0 Å². The standard InChI is InChI=1S/C19H17BrN4O2/c1-3-24-19(26)15-10-5-4-9-14(15)17(23-24)18(25)22-21-12(2)13-8-6-7-11-16(13)20/h4-11H,3H2,1-2H3,(H,22,25)/b21-12+. The number of carbonyl (C=O) groups excluding carboxylic acids is 1. The summed E-state index contributed by atoms with van der Waals surface area (Å²) >= 11 is 3.46. The fraction of sp³-hybridized carbons (Fsp3) is 0.158. The second kappa shape index (κ2) is 7.61. The van der Waals surface area contributed by atoms with Crippen LogP contribution >= 0.6 is 15.9 Å². The predicted molar refractivity (Wildman–Crippen MR) is 105 cm³/mol. The predicted octanol–water partition coefficient (Wildman–Crippen LogP) is 3.33. The Balaban J connectivity index is 1.98. The Morgan fingerprint density at radius 3 is 2.50 bits per heavy atom. The summed E-state index contributed by atoms with van der Waals surface area (Å²) in [6.07, 6.45) is 0. The molecule has 0 saturated heterocycles. The number of aryl methyl sites for hydroxylation is 1. The molecule has 0 aliphatic rings. The number of fused-ring (bicyclic) bond motifs is 1. The molecule has 3 rings (SSSR count). The first-order valence-corrected chi connectivity index (χ1v) is 8.91. The molecule has 1 heterocycles. The van der Waals surface area contributed by atoms with Crippen molar-refractivity contribution < 1.29 is 4.79 Å². The molecular weight excluding hydrogens is 396 g/mol. The maximum Gasteiger partial charge on any atom is 0.292 e. The van der Waals surface area contributed by atoms with E-state index in [1.54, 1.807) is 38.1 Å². The summed E-state index contributed by atoms with van der Waals surface area (Å²) in [4.78, 5) is 25.0. The van der Waals surface area contributed by atoms with E-state index in [0.717, 1.165) is 10.0 Å². The van der Waals surface area contributed by atoms with Crippen LogP contribution in [0.4, 0.5) is 0 Å². The van der Waals surface area contributed by atoms with Crippen molar-refractivity contribution in [2.45, 2.75) is 20.4 Å². The van der Waals surface area contributed by atoms with Crippen LogP contribution in [0.5, 0.6) is 0 Å². The first-order valence-electron chi connectivity index (χ1n) is 8.12. The topological polar surface area (TPSA) is 76.3 Å². The second-order valence-corrected chi connectivity index (χ2v) is 6.49. The van der Waals surface area contributed by atoms with Crippen molar-refractivity contribution in [1.29, 1.82) is 0 Å². The van der Waals surface area contributed by atoms with Gasteiger partial charge in [0.2, 0.25) is 0 Å². The molecule has 6 nitrogen and oxygen atoms in total. The zero-order chi connectivity index (χ0) is 18.7. The number of carbonyl (C=O) groups is 1. The van der Waals surface area contributed by atoms with Gasteiger partial charge in [-0.25, -0.2) is 10.1 Å². The zero-order valence-corrected chi connectivity index (χ0v) is 15.9. The minimum Gasteiger partial charge on any atom is -0.267 e. The summed E-state index contributed by atoms with van der Waals surface area (Å²) in [7, 11) is 0. The highest BCUT2D eigenvalue weighted by atomic mass is 79.9. The van der Waals surface area contributed by atoms with Crippen LogP contribution in [0.2, 0.25) is 0 Å². The van der Waals surface area contributed by atoms with Gasteiger partial charge in [-0.3, -0.25) is 9.59 Å². The summed E-state index contributed by atoms with van der Waals surface area (Å²) in [5, 5.41) is 9.34. The number of aromatic nitrogens is 2. The Labute approximate surface area is 158 Å². The Bertz CT molecular complexity index is 1070. The molecule has 0 unspecified atom stereocenters. The number of nitrogens with zero attached hydrogens (tertiary/aromatic N) is 3. The van der Waals surface area contributed by atoms with Crippen LogP contribution in [-0.4, -0.2) is 21.4 Å². The highest BCUT2D eigenvalue weighted by Gasteiger charge is 2.16. The average molecular weight is 413 g/mol. The summed E-state index contributed by atoms with van der Waals surface area (Å²) in [6, 6.07) is 14.5. The number of hydrogen-bond donors (Lipinski definition) is 1. The molecular formula is C19H17BrN4O2. The minimum atomic E-state index is -0.463. The van der Waals surface area contributed by atoms with Crippen LogP contribution in [-0.2, 0) is 6.54 Å². The second-order valence-electron chi connectivity index (χ2n) is 5.63. The highest BCUT2D eigenvalue weighted by Crippen LogP contribution is 2.17. The molecule has 2 aromatic carbocycles. The van der Waals surface area contributed by atoms with Crippen molar-refractivity contribution in [2.24, 2.45) is 5.10 Å². The molecule has 0 aliphatic carbocycles. The number of hydrazone groups is 1. The smallest absolute Gasteiger partial charge is 0.267 e. The molecule has 1 aromatic heterocycles. The van der Waals surface area contributed by atoms with Gasteiger partial charge >= 0.3 is 0 Å². The van der Waals surface area contributed by atoms with E-state index in [9.17, 15) is 9.59 Å². The number of rotatable bonds is 4. The Hall–Kier alpha value is -2.80. The molecule has 0 aliphatic heterocycles. The number of amides is 1. The molecule has 26 heavy (non-hydrogen) atoms. The van der Waals surface area contributed by atoms with E-state index in [2.05, 4.69) is 31.6 Å². The molecule has 1 N–H and O–H groups in total. The third kappa shape index (κ3) is 3.43. The molecule has 0 radical (unpaired) electrons. The van der Waals surface area contributed by atoms with Gasteiger partial charge in [0, 0.05) is 22.0 Å². The van der Waals surface area contributed by atoms with Crippen LogP contribution in [0.25, 0.3) is 10.8 Å². The molecule has 7 heteroatoms. The molecule has 3 aromatic rings. The molecule has 0 bridgehead atoms. The van der Waals surface area contributed by atoms with Crippen molar-refractivity contribution in [3.8, 4) is 0 Å². The van der Waals surface area contributed by atoms with Gasteiger partial charge in [0.25, 0.3) is 11.5 Å². The van der Waals surface area contributed by atoms with Crippen molar-refractivity contribution in [3.63, 3.8) is 0 Å². The van der Waals surface area contributed by atoms with Gasteiger partial charge in [-0.1, -0.05) is 52.3 Å². The van der Waals surface area contributed by atoms with E-state index in [-0.39, 0.29) is 11.3 Å². The lowest BCUT2D eigenvalue weighted by molar-refractivity contribution is 0.0949. The number of nitrogens with one attached hydrogen (secondary N) is 1. The first-order chi connectivity index (χ1) is 12.5. The van der Waals surface area contributed by atoms with Gasteiger partial charge in [-0.15, -0.1) is 0 Å². The number of halogens is 1. The number of benzene rings is 2. The molecule has 0 fully saturated rings. The fourth-order valence-corrected chi connectivity index (χ4v) is 3.19. The van der Waals surface area contributed by atoms with Gasteiger partial charge in [-0.2, -0.15) is 10.2 Å². The van der Waals surface area contributed by atoms with E-state index in [1.807, 2.05) is 24.3 Å². The first kappa shape index (κ1) is 18.0. The average Bonchev–Trinajstić information content (AvgIpc) is 2.66. The van der Waals surface area contributed by atoms with E-state index in [1.165, 1.54) is 4.68 Å². The molecule has 0 spiro atoms. The fourth-order valence-electron chi connectivity index (χ4n) is 2.62. The Morgan fingerprint density at radius 1 is 1.15 bits per heavy atom. The monoisotopic (exact) mass is 412 g/mol. The largest absolute Gasteiger partial charge is 0.292 e. The summed E-state index contributed by atoms with van der Waals surface area (Å²) in [5.41, 5.74) is 4.03. The number of hydrogen-bond acceptors (Lipinski definition) is 4. The lowest BCUT2D eigenvalue weighted by atomic mass is 10.1. The van der Waals surface area contributed by atoms with Gasteiger partial charge < -0.3 is 0 Å². The zero-order valence-electron chi connectivity index (χ0n) is 14.4. The van der Waals surface area contributed by atoms with E-state index in [4.69, 9.17) is 0 Å². The summed E-state index contributed by atoms with van der Waals surface area (Å²) in [5.74, 6) is -0.463. The van der Waals surface area contributed by atoms with Crippen molar-refractivity contribution in [2.75, 3.05) is 0 Å². The highest BCUT2D eigenvalue weighted by molar-refractivity contribution is 9.10. The SMILES string of the molecule is CCn1nc(C(=O)N/N=C(\C)c2ccccc2Br)c2ccccc2c1=O. The third-order valence-electron chi connectivity index (χ3n) is 3.97. The quantitative estimate of drug-likeness (QED) is 0.527. The van der Waals surface area contributed by atoms with Crippen molar-refractivity contribution in [1.82, 2.24) is 15.2 Å². The molecule has 132 valence electrons. The lowest BCUT2D eigenvalue weighted by Crippen LogP contribution is -2.28. The van der Waals surface area contributed by atoms with E-state index >= 15 is 0 Å². The van der Waals surface area contributed by atoms with Crippen LogP contribution in [0.15, 0.2) is 62.9 Å². The minimum absolute atomic E-state index is 0.172. The maximum atomic E-state index is 12.7. The van der Waals surface area contributed by atoms with Gasteiger partial charge in [0.1, 0.15) is 0 Å². The molecule has 0 saturated carbocycles. The maximum absolute atomic E-state index is 12.7. The van der Waals surface area contributed by atoms with E-state index < -0.39 is 5.91 Å².